The molecule has 3 heteroatoms. The molecule has 1 spiro atoms. The molecule has 1 aromatic rings. The summed E-state index contributed by atoms with van der Waals surface area (Å²) in [6.07, 6.45) is 5.40. The van der Waals surface area contributed by atoms with Crippen molar-refractivity contribution in [1.82, 2.24) is 5.32 Å². The van der Waals surface area contributed by atoms with E-state index in [0.717, 1.165) is 35.3 Å². The number of rotatable bonds is 0. The molecule has 2 aliphatic rings. The Morgan fingerprint density at radius 3 is 3.13 bits per heavy atom. The molecule has 78 valence electrons. The summed E-state index contributed by atoms with van der Waals surface area (Å²) in [6.45, 7) is 1.95. The van der Waals surface area contributed by atoms with Gasteiger partial charge in [-0.25, -0.2) is 0 Å². The molecule has 3 rings (SSSR count). The molecule has 1 atom stereocenters. The van der Waals surface area contributed by atoms with E-state index >= 15 is 0 Å². The van der Waals surface area contributed by atoms with Gasteiger partial charge in [0.05, 0.1) is 0 Å². The molecule has 0 aliphatic carbocycles. The van der Waals surface area contributed by atoms with E-state index in [1.165, 1.54) is 0 Å². The smallest absolute Gasteiger partial charge is 0.141 e. The molecule has 0 saturated carbocycles. The van der Waals surface area contributed by atoms with E-state index in [4.69, 9.17) is 4.74 Å². The van der Waals surface area contributed by atoms with Gasteiger partial charge in [0, 0.05) is 23.0 Å². The summed E-state index contributed by atoms with van der Waals surface area (Å²) < 4.78 is 7.16. The van der Waals surface area contributed by atoms with Crippen molar-refractivity contribution < 1.29 is 4.74 Å². The van der Waals surface area contributed by atoms with Crippen LogP contribution >= 0.6 is 15.9 Å². The molecular formula is C12H12BrNO. The predicted octanol–water partition coefficient (Wildman–Crippen LogP) is 2.59. The molecule has 0 amide bonds. The Balaban J connectivity index is 2.00. The molecule has 15 heavy (non-hydrogen) atoms. The highest BCUT2D eigenvalue weighted by Gasteiger charge is 2.35. The van der Waals surface area contributed by atoms with E-state index in [9.17, 15) is 0 Å². The predicted molar refractivity (Wildman–Crippen MR) is 64.0 cm³/mol. The van der Waals surface area contributed by atoms with Crippen molar-refractivity contribution in [2.45, 2.75) is 12.0 Å². The Morgan fingerprint density at radius 2 is 2.33 bits per heavy atom. The van der Waals surface area contributed by atoms with Crippen LogP contribution in [-0.2, 0) is 0 Å². The van der Waals surface area contributed by atoms with Crippen molar-refractivity contribution in [3.05, 3.63) is 34.3 Å². The molecule has 2 nitrogen and oxygen atoms in total. The van der Waals surface area contributed by atoms with Gasteiger partial charge in [-0.2, -0.15) is 0 Å². The second kappa shape index (κ2) is 3.35. The van der Waals surface area contributed by atoms with Crippen molar-refractivity contribution in [3.8, 4) is 5.75 Å². The van der Waals surface area contributed by atoms with Gasteiger partial charge in [0.2, 0.25) is 0 Å². The van der Waals surface area contributed by atoms with Crippen LogP contribution in [0.25, 0.3) is 6.08 Å². The number of hydrogen-bond acceptors (Lipinski definition) is 2. The maximum absolute atomic E-state index is 6.07. The molecule has 0 bridgehead atoms. The highest BCUT2D eigenvalue weighted by Crippen LogP contribution is 2.35. The van der Waals surface area contributed by atoms with Gasteiger partial charge in [-0.15, -0.1) is 0 Å². The van der Waals surface area contributed by atoms with E-state index in [0.29, 0.717) is 0 Å². The van der Waals surface area contributed by atoms with Gasteiger partial charge >= 0.3 is 0 Å². The number of hydrogen-bond donors (Lipinski definition) is 1. The molecular weight excluding hydrogens is 254 g/mol. The minimum atomic E-state index is -0.0964. The third kappa shape index (κ3) is 1.60. The van der Waals surface area contributed by atoms with Gasteiger partial charge in [-0.1, -0.05) is 22.0 Å². The highest BCUT2D eigenvalue weighted by atomic mass is 79.9. The third-order valence-electron chi connectivity index (χ3n) is 3.00. The van der Waals surface area contributed by atoms with Crippen LogP contribution in [0.1, 0.15) is 12.0 Å². The van der Waals surface area contributed by atoms with Gasteiger partial charge in [0.15, 0.2) is 0 Å². The maximum Gasteiger partial charge on any atom is 0.141 e. The Bertz CT molecular complexity index is 422. The summed E-state index contributed by atoms with van der Waals surface area (Å²) in [4.78, 5) is 0. The second-order valence-corrected chi connectivity index (χ2v) is 5.02. The van der Waals surface area contributed by atoms with E-state index in [1.807, 2.05) is 12.1 Å². The lowest BCUT2D eigenvalue weighted by Gasteiger charge is -2.30. The first-order valence-corrected chi connectivity index (χ1v) is 5.95. The van der Waals surface area contributed by atoms with Gasteiger partial charge in [0.25, 0.3) is 0 Å². The first-order valence-electron chi connectivity index (χ1n) is 5.16. The van der Waals surface area contributed by atoms with Crippen LogP contribution in [-0.4, -0.2) is 18.7 Å². The zero-order chi connectivity index (χ0) is 10.3. The quantitative estimate of drug-likeness (QED) is 0.779. The standard InChI is InChI=1S/C12H12BrNO/c13-10-1-2-11-9(7-10)3-4-12(15-11)5-6-14-8-12/h1-4,7,14H,5-6,8H2. The molecule has 2 aliphatic heterocycles. The summed E-state index contributed by atoms with van der Waals surface area (Å²) in [5.74, 6) is 0.990. The largest absolute Gasteiger partial charge is 0.481 e. The maximum atomic E-state index is 6.07. The van der Waals surface area contributed by atoms with Gasteiger partial charge in [0.1, 0.15) is 11.4 Å². The van der Waals surface area contributed by atoms with Crippen molar-refractivity contribution in [2.75, 3.05) is 13.1 Å². The van der Waals surface area contributed by atoms with E-state index in [1.54, 1.807) is 0 Å². The minimum absolute atomic E-state index is 0.0964. The molecule has 0 aromatic heterocycles. The Kier molecular flexibility index (Phi) is 2.11. The van der Waals surface area contributed by atoms with E-state index in [-0.39, 0.29) is 5.60 Å². The zero-order valence-corrected chi connectivity index (χ0v) is 9.88. The lowest BCUT2D eigenvalue weighted by molar-refractivity contribution is 0.139. The molecule has 1 saturated heterocycles. The zero-order valence-electron chi connectivity index (χ0n) is 8.29. The fourth-order valence-corrected chi connectivity index (χ4v) is 2.53. The highest BCUT2D eigenvalue weighted by molar-refractivity contribution is 9.10. The Morgan fingerprint density at radius 1 is 1.40 bits per heavy atom. The lowest BCUT2D eigenvalue weighted by Crippen LogP contribution is -2.37. The van der Waals surface area contributed by atoms with Crippen LogP contribution < -0.4 is 10.1 Å². The lowest BCUT2D eigenvalue weighted by atomic mass is 9.97. The van der Waals surface area contributed by atoms with Gasteiger partial charge in [-0.05, 0) is 30.8 Å². The van der Waals surface area contributed by atoms with E-state index in [2.05, 4.69) is 39.5 Å². The monoisotopic (exact) mass is 265 g/mol. The number of nitrogens with one attached hydrogen (secondary N) is 1. The summed E-state index contributed by atoms with van der Waals surface area (Å²) in [5, 5.41) is 3.34. The summed E-state index contributed by atoms with van der Waals surface area (Å²) in [5.41, 5.74) is 1.06. The minimum Gasteiger partial charge on any atom is -0.481 e. The number of halogens is 1. The first-order chi connectivity index (χ1) is 7.27. The number of fused-ring (bicyclic) bond motifs is 1. The normalized spacial score (nSPS) is 27.8. The molecule has 0 radical (unpaired) electrons. The van der Waals surface area contributed by atoms with Crippen LogP contribution in [0.2, 0.25) is 0 Å². The van der Waals surface area contributed by atoms with Gasteiger partial charge in [-0.3, -0.25) is 0 Å². The van der Waals surface area contributed by atoms with Gasteiger partial charge < -0.3 is 10.1 Å². The van der Waals surface area contributed by atoms with E-state index < -0.39 is 0 Å². The number of ether oxygens (including phenoxy) is 1. The summed E-state index contributed by atoms with van der Waals surface area (Å²) in [6, 6.07) is 6.14. The molecule has 2 heterocycles. The fraction of sp³-hybridized carbons (Fsp3) is 0.333. The first kappa shape index (κ1) is 9.43. The molecule has 1 unspecified atom stereocenters. The van der Waals surface area contributed by atoms with Crippen molar-refractivity contribution in [2.24, 2.45) is 0 Å². The Labute approximate surface area is 97.5 Å². The van der Waals surface area contributed by atoms with Crippen molar-refractivity contribution >= 4 is 22.0 Å². The van der Waals surface area contributed by atoms with Crippen LogP contribution in [0.15, 0.2) is 28.7 Å². The molecule has 1 N–H and O–H groups in total. The summed E-state index contributed by atoms with van der Waals surface area (Å²) in [7, 11) is 0. The average molecular weight is 266 g/mol. The topological polar surface area (TPSA) is 21.3 Å². The van der Waals surface area contributed by atoms with Crippen molar-refractivity contribution in [1.29, 1.82) is 0 Å². The summed E-state index contributed by atoms with van der Waals surface area (Å²) >= 11 is 3.46. The molecule has 1 fully saturated rings. The SMILES string of the molecule is Brc1ccc2c(c1)C=CC1(CCNC1)O2. The fourth-order valence-electron chi connectivity index (χ4n) is 2.15. The van der Waals surface area contributed by atoms with Crippen LogP contribution in [0, 0.1) is 0 Å². The molecule has 1 aromatic carbocycles. The van der Waals surface area contributed by atoms with Crippen LogP contribution in [0.4, 0.5) is 0 Å². The van der Waals surface area contributed by atoms with Crippen LogP contribution in [0.5, 0.6) is 5.75 Å². The van der Waals surface area contributed by atoms with Crippen molar-refractivity contribution in [3.63, 3.8) is 0 Å². The average Bonchev–Trinajstić information content (AvgIpc) is 2.67. The van der Waals surface area contributed by atoms with Crippen LogP contribution in [0.3, 0.4) is 0 Å². The Hall–Kier alpha value is -0.800. The third-order valence-corrected chi connectivity index (χ3v) is 3.49. The number of benzene rings is 1. The second-order valence-electron chi connectivity index (χ2n) is 4.11.